The second-order valence-electron chi connectivity index (χ2n) is 4.94. The predicted octanol–water partition coefficient (Wildman–Crippen LogP) is 4.23. The quantitative estimate of drug-likeness (QED) is 0.612. The van der Waals surface area contributed by atoms with E-state index in [0.29, 0.717) is 15.6 Å². The van der Waals surface area contributed by atoms with Gasteiger partial charge >= 0.3 is 17.9 Å². The van der Waals surface area contributed by atoms with Gasteiger partial charge in [-0.15, -0.1) is 0 Å². The Balaban J connectivity index is 0.000000257. The number of hydrogen-bond donors (Lipinski definition) is 3. The van der Waals surface area contributed by atoms with Gasteiger partial charge < -0.3 is 15.3 Å². The van der Waals surface area contributed by atoms with E-state index < -0.39 is 17.9 Å². The van der Waals surface area contributed by atoms with E-state index in [4.69, 9.17) is 15.3 Å². The molecule has 0 aromatic heterocycles. The molecule has 3 N–H and O–H groups in total. The van der Waals surface area contributed by atoms with Gasteiger partial charge in [0, 0.05) is 8.95 Å². The topological polar surface area (TPSA) is 112 Å². The summed E-state index contributed by atoms with van der Waals surface area (Å²) in [7, 11) is 0. The minimum atomic E-state index is -1.12. The molecule has 2 aromatic rings. The first-order valence-corrected chi connectivity index (χ1v) is 8.43. The van der Waals surface area contributed by atoms with Crippen molar-refractivity contribution in [1.82, 2.24) is 0 Å². The number of aryl methyl sites for hydroxylation is 1. The van der Waals surface area contributed by atoms with E-state index in [0.717, 1.165) is 10.0 Å². The summed E-state index contributed by atoms with van der Waals surface area (Å²) >= 11 is 6.40. The number of benzene rings is 2. The van der Waals surface area contributed by atoms with Crippen molar-refractivity contribution >= 4 is 49.8 Å². The minimum Gasteiger partial charge on any atom is -0.481 e. The van der Waals surface area contributed by atoms with E-state index >= 15 is 0 Å². The van der Waals surface area contributed by atoms with Crippen LogP contribution in [0.25, 0.3) is 0 Å². The molecular formula is C17H14Br2O6. The molecule has 0 saturated heterocycles. The van der Waals surface area contributed by atoms with Crippen LogP contribution in [0.15, 0.2) is 45.3 Å². The van der Waals surface area contributed by atoms with Crippen LogP contribution in [0, 0.1) is 6.92 Å². The summed E-state index contributed by atoms with van der Waals surface area (Å²) in [6, 6.07) is 9.53. The maximum absolute atomic E-state index is 10.7. The lowest BCUT2D eigenvalue weighted by atomic mass is 10.1. The van der Waals surface area contributed by atoms with Gasteiger partial charge in [0.15, 0.2) is 0 Å². The van der Waals surface area contributed by atoms with Gasteiger partial charge in [0.1, 0.15) is 0 Å². The molecule has 0 heterocycles. The molecule has 0 aliphatic carbocycles. The SMILES string of the molecule is Cc1cc(Br)ccc1C(=O)O.O=C(O)Cc1cc(Br)ccc1C(=O)O. The maximum atomic E-state index is 10.7. The Morgan fingerprint density at radius 1 is 0.840 bits per heavy atom. The molecule has 0 saturated carbocycles. The third-order valence-corrected chi connectivity index (χ3v) is 4.04. The van der Waals surface area contributed by atoms with Gasteiger partial charge in [-0.2, -0.15) is 0 Å². The van der Waals surface area contributed by atoms with E-state index in [9.17, 15) is 14.4 Å². The van der Waals surface area contributed by atoms with Crippen LogP contribution in [0.3, 0.4) is 0 Å². The molecule has 8 heteroatoms. The van der Waals surface area contributed by atoms with Gasteiger partial charge in [0.25, 0.3) is 0 Å². The van der Waals surface area contributed by atoms with Crippen molar-refractivity contribution in [2.75, 3.05) is 0 Å². The van der Waals surface area contributed by atoms with Gasteiger partial charge in [-0.1, -0.05) is 31.9 Å². The first-order valence-electron chi connectivity index (χ1n) is 6.84. The number of carboxylic acid groups (broad SMARTS) is 3. The average Bonchev–Trinajstić information content (AvgIpc) is 2.46. The molecule has 0 radical (unpaired) electrons. The minimum absolute atomic E-state index is 0.0237. The van der Waals surface area contributed by atoms with Crippen molar-refractivity contribution in [2.24, 2.45) is 0 Å². The van der Waals surface area contributed by atoms with Gasteiger partial charge in [0.05, 0.1) is 17.5 Å². The van der Waals surface area contributed by atoms with Crippen molar-refractivity contribution in [1.29, 1.82) is 0 Å². The zero-order valence-corrected chi connectivity index (χ0v) is 16.2. The van der Waals surface area contributed by atoms with Crippen LogP contribution < -0.4 is 0 Å². The Labute approximate surface area is 160 Å². The summed E-state index contributed by atoms with van der Waals surface area (Å²) in [4.78, 5) is 31.7. The molecule has 2 aromatic carbocycles. The number of carboxylic acids is 3. The fraction of sp³-hybridized carbons (Fsp3) is 0.118. The zero-order chi connectivity index (χ0) is 19.1. The Hall–Kier alpha value is -2.19. The number of halogens is 2. The molecule has 0 fully saturated rings. The Morgan fingerprint density at radius 2 is 1.32 bits per heavy atom. The largest absolute Gasteiger partial charge is 0.481 e. The van der Waals surface area contributed by atoms with Crippen molar-refractivity contribution in [3.63, 3.8) is 0 Å². The number of rotatable bonds is 4. The van der Waals surface area contributed by atoms with Crippen molar-refractivity contribution in [3.8, 4) is 0 Å². The molecule has 0 amide bonds. The standard InChI is InChI=1S/C9H7BrO4.C8H7BrO2/c10-6-1-2-7(9(13)14)5(3-6)4-8(11)12;1-5-4-6(9)2-3-7(5)8(10)11/h1-3H,4H2,(H,11,12)(H,13,14);2-4H,1H3,(H,10,11). The summed E-state index contributed by atoms with van der Waals surface area (Å²) in [5.41, 5.74) is 1.44. The highest BCUT2D eigenvalue weighted by molar-refractivity contribution is 9.10. The molecule has 2 rings (SSSR count). The molecule has 0 spiro atoms. The first-order chi connectivity index (χ1) is 11.6. The predicted molar refractivity (Wildman–Crippen MR) is 98.3 cm³/mol. The molecule has 25 heavy (non-hydrogen) atoms. The van der Waals surface area contributed by atoms with Crippen LogP contribution in [0.2, 0.25) is 0 Å². The van der Waals surface area contributed by atoms with Crippen molar-refractivity contribution < 1.29 is 29.7 Å². The summed E-state index contributed by atoms with van der Waals surface area (Å²) in [5, 5.41) is 26.0. The lowest BCUT2D eigenvalue weighted by molar-refractivity contribution is -0.136. The second-order valence-corrected chi connectivity index (χ2v) is 6.77. The molecule has 0 unspecified atom stereocenters. The molecule has 6 nitrogen and oxygen atoms in total. The fourth-order valence-electron chi connectivity index (χ4n) is 1.95. The molecule has 0 atom stereocenters. The monoisotopic (exact) mass is 472 g/mol. The summed E-state index contributed by atoms with van der Waals surface area (Å²) in [6.45, 7) is 1.77. The van der Waals surface area contributed by atoms with E-state index in [-0.39, 0.29) is 12.0 Å². The van der Waals surface area contributed by atoms with Crippen LogP contribution in [0.5, 0.6) is 0 Å². The molecule has 0 bridgehead atoms. The second kappa shape index (κ2) is 9.33. The van der Waals surface area contributed by atoms with Crippen LogP contribution in [-0.4, -0.2) is 33.2 Å². The van der Waals surface area contributed by atoms with Gasteiger partial charge in [-0.25, -0.2) is 9.59 Å². The Bertz CT molecular complexity index is 817. The van der Waals surface area contributed by atoms with Crippen molar-refractivity contribution in [3.05, 3.63) is 67.6 Å². The van der Waals surface area contributed by atoms with Gasteiger partial charge in [-0.3, -0.25) is 4.79 Å². The van der Waals surface area contributed by atoms with Gasteiger partial charge in [0.2, 0.25) is 0 Å². The lowest BCUT2D eigenvalue weighted by Gasteiger charge is -2.03. The van der Waals surface area contributed by atoms with Crippen LogP contribution in [-0.2, 0) is 11.2 Å². The normalized spacial score (nSPS) is 9.72. The highest BCUT2D eigenvalue weighted by Gasteiger charge is 2.12. The smallest absolute Gasteiger partial charge is 0.335 e. The first kappa shape index (κ1) is 20.9. The number of hydrogen-bond acceptors (Lipinski definition) is 3. The highest BCUT2D eigenvalue weighted by Crippen LogP contribution is 2.17. The van der Waals surface area contributed by atoms with Crippen LogP contribution >= 0.6 is 31.9 Å². The Morgan fingerprint density at radius 3 is 1.76 bits per heavy atom. The highest BCUT2D eigenvalue weighted by atomic mass is 79.9. The van der Waals surface area contributed by atoms with Crippen LogP contribution in [0.4, 0.5) is 0 Å². The maximum Gasteiger partial charge on any atom is 0.335 e. The molecule has 0 aliphatic heterocycles. The summed E-state index contributed by atoms with van der Waals surface area (Å²) < 4.78 is 1.57. The zero-order valence-electron chi connectivity index (χ0n) is 13.0. The van der Waals surface area contributed by atoms with E-state index in [1.165, 1.54) is 12.1 Å². The summed E-state index contributed by atoms with van der Waals surface area (Å²) in [5.74, 6) is -3.05. The van der Waals surface area contributed by atoms with E-state index in [1.54, 1.807) is 31.2 Å². The van der Waals surface area contributed by atoms with Gasteiger partial charge in [-0.05, 0) is 54.4 Å². The molecule has 132 valence electrons. The van der Waals surface area contributed by atoms with Crippen molar-refractivity contribution in [2.45, 2.75) is 13.3 Å². The Kier molecular flexibility index (Phi) is 7.79. The van der Waals surface area contributed by atoms with E-state index in [1.807, 2.05) is 0 Å². The van der Waals surface area contributed by atoms with Crippen LogP contribution in [0.1, 0.15) is 31.8 Å². The third kappa shape index (κ3) is 6.67. The fourth-order valence-corrected chi connectivity index (χ4v) is 2.83. The van der Waals surface area contributed by atoms with E-state index in [2.05, 4.69) is 31.9 Å². The number of carbonyl (C=O) groups is 3. The number of aromatic carboxylic acids is 2. The average molecular weight is 474 g/mol. The lowest BCUT2D eigenvalue weighted by Crippen LogP contribution is -2.07. The molecule has 0 aliphatic rings. The number of aliphatic carboxylic acids is 1. The summed E-state index contributed by atoms with van der Waals surface area (Å²) in [6.07, 6.45) is -0.291. The molecular weight excluding hydrogens is 460 g/mol. The third-order valence-electron chi connectivity index (χ3n) is 3.06.